The first-order valence-electron chi connectivity index (χ1n) is 6.99. The number of hydrogen-bond acceptors (Lipinski definition) is 5. The molecule has 0 aliphatic carbocycles. The van der Waals surface area contributed by atoms with Crippen molar-refractivity contribution in [1.82, 2.24) is 5.32 Å². The van der Waals surface area contributed by atoms with Gasteiger partial charge in [0.05, 0.1) is 12.6 Å². The van der Waals surface area contributed by atoms with E-state index in [-0.39, 0.29) is 24.0 Å². The Morgan fingerprint density at radius 3 is 2.62 bits per heavy atom. The van der Waals surface area contributed by atoms with Crippen molar-refractivity contribution in [1.29, 1.82) is 0 Å². The van der Waals surface area contributed by atoms with E-state index < -0.39 is 6.04 Å². The molecule has 0 aromatic heterocycles. The van der Waals surface area contributed by atoms with E-state index in [0.29, 0.717) is 26.0 Å². The quantitative estimate of drug-likeness (QED) is 0.484. The first-order valence-corrected chi connectivity index (χ1v) is 6.99. The molecule has 0 heterocycles. The lowest BCUT2D eigenvalue weighted by Gasteiger charge is -2.12. The average molecular weight is 294 g/mol. The summed E-state index contributed by atoms with van der Waals surface area (Å²) in [5.41, 5.74) is 6.69. The van der Waals surface area contributed by atoms with Crippen LogP contribution in [0.15, 0.2) is 24.3 Å². The first-order chi connectivity index (χ1) is 10.0. The van der Waals surface area contributed by atoms with E-state index in [1.54, 1.807) is 31.2 Å². The molecule has 116 valence electrons. The van der Waals surface area contributed by atoms with Gasteiger partial charge in [-0.3, -0.25) is 9.59 Å². The lowest BCUT2D eigenvalue weighted by Crippen LogP contribution is -2.42. The maximum absolute atomic E-state index is 11.8. The fourth-order valence-electron chi connectivity index (χ4n) is 1.79. The van der Waals surface area contributed by atoms with Gasteiger partial charge in [-0.1, -0.05) is 12.1 Å². The van der Waals surface area contributed by atoms with Crippen LogP contribution in [0.4, 0.5) is 0 Å². The Morgan fingerprint density at radius 2 is 2.00 bits per heavy atom. The molecule has 0 aliphatic rings. The van der Waals surface area contributed by atoms with Gasteiger partial charge in [-0.25, -0.2) is 0 Å². The van der Waals surface area contributed by atoms with Crippen LogP contribution < -0.4 is 11.1 Å². The summed E-state index contributed by atoms with van der Waals surface area (Å²) < 4.78 is 4.79. The van der Waals surface area contributed by atoms with Crippen LogP contribution in [-0.4, -0.2) is 36.2 Å². The highest BCUT2D eigenvalue weighted by atomic mass is 16.5. The first kappa shape index (κ1) is 17.0. The Balaban J connectivity index is 2.25. The summed E-state index contributed by atoms with van der Waals surface area (Å²) in [6.45, 7) is 2.51. The highest BCUT2D eigenvalue weighted by Crippen LogP contribution is 2.10. The number of ether oxygens (including phenoxy) is 1. The number of phenols is 1. The monoisotopic (exact) mass is 294 g/mol. The number of carbonyl (C=O) groups excluding carboxylic acids is 2. The second-order valence-corrected chi connectivity index (χ2v) is 4.68. The molecule has 1 aromatic rings. The van der Waals surface area contributed by atoms with Crippen LogP contribution in [0, 0.1) is 0 Å². The van der Waals surface area contributed by atoms with Crippen molar-refractivity contribution in [3.05, 3.63) is 29.8 Å². The van der Waals surface area contributed by atoms with Crippen LogP contribution in [0.1, 0.15) is 25.3 Å². The van der Waals surface area contributed by atoms with Crippen LogP contribution in [0.5, 0.6) is 5.75 Å². The smallest absolute Gasteiger partial charge is 0.305 e. The predicted molar refractivity (Wildman–Crippen MR) is 78.7 cm³/mol. The third-order valence-electron chi connectivity index (χ3n) is 2.89. The molecule has 1 unspecified atom stereocenters. The molecule has 1 aromatic carbocycles. The summed E-state index contributed by atoms with van der Waals surface area (Å²) in [6.07, 6.45) is 1.20. The molecule has 1 atom stereocenters. The van der Waals surface area contributed by atoms with Gasteiger partial charge in [0.15, 0.2) is 0 Å². The van der Waals surface area contributed by atoms with Gasteiger partial charge < -0.3 is 20.9 Å². The number of amides is 1. The number of nitrogens with two attached hydrogens (primary N) is 1. The van der Waals surface area contributed by atoms with Crippen molar-refractivity contribution in [2.75, 3.05) is 13.2 Å². The molecular weight excluding hydrogens is 272 g/mol. The van der Waals surface area contributed by atoms with E-state index in [0.717, 1.165) is 5.56 Å². The van der Waals surface area contributed by atoms with Crippen molar-refractivity contribution in [3.63, 3.8) is 0 Å². The summed E-state index contributed by atoms with van der Waals surface area (Å²) in [4.78, 5) is 22.9. The molecule has 6 heteroatoms. The van der Waals surface area contributed by atoms with Gasteiger partial charge in [-0.15, -0.1) is 0 Å². The summed E-state index contributed by atoms with van der Waals surface area (Å²) in [5, 5.41) is 11.9. The molecule has 6 nitrogen and oxygen atoms in total. The fourth-order valence-corrected chi connectivity index (χ4v) is 1.79. The minimum Gasteiger partial charge on any atom is -0.508 e. The summed E-state index contributed by atoms with van der Waals surface area (Å²) >= 11 is 0. The van der Waals surface area contributed by atoms with E-state index >= 15 is 0 Å². The zero-order valence-corrected chi connectivity index (χ0v) is 12.2. The van der Waals surface area contributed by atoms with E-state index in [1.807, 2.05) is 0 Å². The molecule has 21 heavy (non-hydrogen) atoms. The summed E-state index contributed by atoms with van der Waals surface area (Å²) in [7, 11) is 0. The third-order valence-corrected chi connectivity index (χ3v) is 2.89. The maximum Gasteiger partial charge on any atom is 0.305 e. The second-order valence-electron chi connectivity index (χ2n) is 4.68. The Morgan fingerprint density at radius 1 is 1.33 bits per heavy atom. The SMILES string of the molecule is CCOC(=O)CCCNC(=O)C(N)Cc1ccc(O)cc1. The van der Waals surface area contributed by atoms with Crippen molar-refractivity contribution >= 4 is 11.9 Å². The molecule has 1 rings (SSSR count). The van der Waals surface area contributed by atoms with Crippen LogP contribution in [0.25, 0.3) is 0 Å². The van der Waals surface area contributed by atoms with Crippen LogP contribution in [-0.2, 0) is 20.7 Å². The van der Waals surface area contributed by atoms with Crippen LogP contribution in [0.2, 0.25) is 0 Å². The number of nitrogens with one attached hydrogen (secondary N) is 1. The minimum absolute atomic E-state index is 0.177. The van der Waals surface area contributed by atoms with Gasteiger partial charge in [0, 0.05) is 13.0 Å². The van der Waals surface area contributed by atoms with E-state index in [9.17, 15) is 14.7 Å². The summed E-state index contributed by atoms with van der Waals surface area (Å²) in [6, 6.07) is 5.91. The highest BCUT2D eigenvalue weighted by molar-refractivity contribution is 5.81. The Hall–Kier alpha value is -2.08. The molecule has 4 N–H and O–H groups in total. The van der Waals surface area contributed by atoms with Crippen molar-refractivity contribution in [2.24, 2.45) is 5.73 Å². The summed E-state index contributed by atoms with van der Waals surface area (Å²) in [5.74, 6) is -0.345. The van der Waals surface area contributed by atoms with Gasteiger partial charge in [0.1, 0.15) is 5.75 Å². The van der Waals surface area contributed by atoms with Gasteiger partial charge >= 0.3 is 5.97 Å². The number of benzene rings is 1. The molecule has 0 saturated carbocycles. The standard InChI is InChI=1S/C15H22N2O4/c1-2-21-14(19)4-3-9-17-15(20)13(16)10-11-5-7-12(18)8-6-11/h5-8,13,18H,2-4,9-10,16H2,1H3,(H,17,20). The Bertz CT molecular complexity index is 459. The molecule has 0 spiro atoms. The number of phenolic OH excluding ortho intramolecular Hbond substituents is 1. The highest BCUT2D eigenvalue weighted by Gasteiger charge is 2.13. The molecule has 0 saturated heterocycles. The predicted octanol–water partition coefficient (Wildman–Crippen LogP) is 0.722. The number of hydrogen-bond donors (Lipinski definition) is 3. The molecule has 0 radical (unpaired) electrons. The minimum atomic E-state index is -0.655. The molecule has 0 bridgehead atoms. The number of rotatable bonds is 8. The molecule has 0 fully saturated rings. The zero-order valence-electron chi connectivity index (χ0n) is 12.2. The van der Waals surface area contributed by atoms with Crippen molar-refractivity contribution in [2.45, 2.75) is 32.2 Å². The van der Waals surface area contributed by atoms with E-state index in [2.05, 4.69) is 5.32 Å². The second kappa shape index (κ2) is 8.97. The lowest BCUT2D eigenvalue weighted by molar-refractivity contribution is -0.143. The van der Waals surface area contributed by atoms with Crippen molar-refractivity contribution in [3.8, 4) is 5.75 Å². The third kappa shape index (κ3) is 6.76. The maximum atomic E-state index is 11.8. The lowest BCUT2D eigenvalue weighted by atomic mass is 10.1. The van der Waals surface area contributed by atoms with Gasteiger partial charge in [0.25, 0.3) is 0 Å². The van der Waals surface area contributed by atoms with Gasteiger partial charge in [-0.2, -0.15) is 0 Å². The normalized spacial score (nSPS) is 11.7. The number of carbonyl (C=O) groups is 2. The van der Waals surface area contributed by atoms with E-state index in [1.165, 1.54) is 0 Å². The van der Waals surface area contributed by atoms with Crippen LogP contribution in [0.3, 0.4) is 0 Å². The number of aromatic hydroxyl groups is 1. The van der Waals surface area contributed by atoms with Gasteiger partial charge in [-0.05, 0) is 37.5 Å². The van der Waals surface area contributed by atoms with Gasteiger partial charge in [0.2, 0.25) is 5.91 Å². The molecule has 0 aliphatic heterocycles. The average Bonchev–Trinajstić information content (AvgIpc) is 2.46. The Labute approximate surface area is 124 Å². The van der Waals surface area contributed by atoms with Crippen molar-refractivity contribution < 1.29 is 19.4 Å². The fraction of sp³-hybridized carbons (Fsp3) is 0.467. The molecular formula is C15H22N2O4. The van der Waals surface area contributed by atoms with E-state index in [4.69, 9.17) is 10.5 Å². The Kier molecular flexibility index (Phi) is 7.25. The molecule has 1 amide bonds. The largest absolute Gasteiger partial charge is 0.508 e. The van der Waals surface area contributed by atoms with Crippen LogP contribution >= 0.6 is 0 Å². The topological polar surface area (TPSA) is 102 Å². The number of esters is 1. The zero-order chi connectivity index (χ0) is 15.7.